The second-order valence-corrected chi connectivity index (χ2v) is 10.9. The first-order chi connectivity index (χ1) is 15.9. The molecule has 33 heavy (non-hydrogen) atoms. The molecule has 1 aliphatic carbocycles. The Hall–Kier alpha value is -2.44. The highest BCUT2D eigenvalue weighted by Crippen LogP contribution is 2.39. The van der Waals surface area contributed by atoms with Crippen LogP contribution in [0.4, 0.5) is 0 Å². The molecule has 9 heteroatoms. The standard InChI is InChI=1S/C24H27ClN4O3S/c25-21-9-7-20(8-10-21)24(11-3-4-12-24)27-18-23(30)28-13-15-29(16-14-28)33(31,32)22-6-2-1-5-19(22)17-26/h1-2,5-10,27H,3-4,11-16,18H2. The first-order valence-electron chi connectivity index (χ1n) is 11.1. The van der Waals surface area contributed by atoms with Crippen molar-refractivity contribution in [3.8, 4) is 6.07 Å². The van der Waals surface area contributed by atoms with Gasteiger partial charge < -0.3 is 4.90 Å². The molecule has 2 aromatic carbocycles. The van der Waals surface area contributed by atoms with E-state index in [1.807, 2.05) is 30.3 Å². The molecule has 0 bridgehead atoms. The second-order valence-electron chi connectivity index (χ2n) is 8.54. The van der Waals surface area contributed by atoms with E-state index in [-0.39, 0.29) is 41.5 Å². The number of hydrogen-bond donors (Lipinski definition) is 1. The van der Waals surface area contributed by atoms with Crippen molar-refractivity contribution in [2.45, 2.75) is 36.1 Å². The van der Waals surface area contributed by atoms with Gasteiger partial charge in [0, 0.05) is 36.7 Å². The number of hydrogen-bond acceptors (Lipinski definition) is 5. The van der Waals surface area contributed by atoms with Crippen LogP contribution in [0.15, 0.2) is 53.4 Å². The van der Waals surface area contributed by atoms with Crippen molar-refractivity contribution in [3.05, 3.63) is 64.7 Å². The Kier molecular flexibility index (Phi) is 7.05. The first kappa shape index (κ1) is 23.7. The van der Waals surface area contributed by atoms with Gasteiger partial charge in [-0.2, -0.15) is 9.57 Å². The Morgan fingerprint density at radius 2 is 1.67 bits per heavy atom. The number of nitrogens with zero attached hydrogens (tertiary/aromatic N) is 3. The molecular weight excluding hydrogens is 460 g/mol. The fourth-order valence-corrected chi connectivity index (χ4v) is 6.46. The fourth-order valence-electron chi connectivity index (χ4n) is 4.77. The number of nitriles is 1. The molecule has 174 valence electrons. The molecule has 7 nitrogen and oxygen atoms in total. The van der Waals surface area contributed by atoms with E-state index in [1.54, 1.807) is 17.0 Å². The van der Waals surface area contributed by atoms with Crippen LogP contribution in [0.1, 0.15) is 36.8 Å². The van der Waals surface area contributed by atoms with Crippen LogP contribution < -0.4 is 5.32 Å². The minimum Gasteiger partial charge on any atom is -0.339 e. The third-order valence-electron chi connectivity index (χ3n) is 6.65. The Bertz CT molecular complexity index is 1150. The number of nitrogens with one attached hydrogen (secondary N) is 1. The summed E-state index contributed by atoms with van der Waals surface area (Å²) in [4.78, 5) is 14.7. The molecule has 0 atom stereocenters. The Balaban J connectivity index is 1.37. The molecule has 0 unspecified atom stereocenters. The number of piperazine rings is 1. The van der Waals surface area contributed by atoms with Crippen LogP contribution in [0.3, 0.4) is 0 Å². The van der Waals surface area contributed by atoms with Crippen LogP contribution >= 0.6 is 11.6 Å². The van der Waals surface area contributed by atoms with Gasteiger partial charge in [-0.05, 0) is 42.7 Å². The zero-order valence-corrected chi connectivity index (χ0v) is 19.9. The van der Waals surface area contributed by atoms with Gasteiger partial charge in [-0.3, -0.25) is 10.1 Å². The lowest BCUT2D eigenvalue weighted by molar-refractivity contribution is -0.131. The van der Waals surface area contributed by atoms with Crippen LogP contribution in [0.5, 0.6) is 0 Å². The Morgan fingerprint density at radius 1 is 1.03 bits per heavy atom. The highest BCUT2D eigenvalue weighted by atomic mass is 35.5. The van der Waals surface area contributed by atoms with Crippen molar-refractivity contribution in [1.82, 2.24) is 14.5 Å². The van der Waals surface area contributed by atoms with E-state index in [4.69, 9.17) is 11.6 Å². The molecule has 1 heterocycles. The molecule has 1 N–H and O–H groups in total. The van der Waals surface area contributed by atoms with Crippen LogP contribution in [-0.4, -0.2) is 56.3 Å². The van der Waals surface area contributed by atoms with Crippen molar-refractivity contribution < 1.29 is 13.2 Å². The number of sulfonamides is 1. The molecule has 4 rings (SSSR count). The van der Waals surface area contributed by atoms with Gasteiger partial charge in [-0.25, -0.2) is 8.42 Å². The summed E-state index contributed by atoms with van der Waals surface area (Å²) >= 11 is 6.05. The van der Waals surface area contributed by atoms with Gasteiger partial charge >= 0.3 is 0 Å². The molecule has 0 aromatic heterocycles. The zero-order chi connectivity index (χ0) is 23.5. The zero-order valence-electron chi connectivity index (χ0n) is 18.3. The van der Waals surface area contributed by atoms with Gasteiger partial charge in [0.15, 0.2) is 0 Å². The maximum atomic E-state index is 13.0. The molecular formula is C24H27ClN4O3S. The van der Waals surface area contributed by atoms with Gasteiger partial charge in [-0.15, -0.1) is 0 Å². The summed E-state index contributed by atoms with van der Waals surface area (Å²) in [5.74, 6) is -0.0373. The fraction of sp³-hybridized carbons (Fsp3) is 0.417. The normalized spacial score (nSPS) is 18.7. The summed E-state index contributed by atoms with van der Waals surface area (Å²) in [5.41, 5.74) is 1.04. The molecule has 1 amide bonds. The Morgan fingerprint density at radius 3 is 2.30 bits per heavy atom. The van der Waals surface area contributed by atoms with Crippen LogP contribution in [0.2, 0.25) is 5.02 Å². The van der Waals surface area contributed by atoms with Crippen molar-refractivity contribution in [2.24, 2.45) is 0 Å². The molecule has 1 saturated heterocycles. The van der Waals surface area contributed by atoms with Gasteiger partial charge in [0.05, 0.1) is 17.0 Å². The van der Waals surface area contributed by atoms with Gasteiger partial charge in [0.2, 0.25) is 15.9 Å². The lowest BCUT2D eigenvalue weighted by atomic mass is 9.88. The van der Waals surface area contributed by atoms with Gasteiger partial charge in [-0.1, -0.05) is 48.7 Å². The summed E-state index contributed by atoms with van der Waals surface area (Å²) in [6.45, 7) is 1.25. The predicted molar refractivity (Wildman–Crippen MR) is 126 cm³/mol. The number of benzene rings is 2. The monoisotopic (exact) mass is 486 g/mol. The number of carbonyl (C=O) groups is 1. The highest BCUT2D eigenvalue weighted by molar-refractivity contribution is 7.89. The third-order valence-corrected chi connectivity index (χ3v) is 8.86. The Labute approximate surface area is 200 Å². The van der Waals surface area contributed by atoms with E-state index in [1.165, 1.54) is 16.4 Å². The van der Waals surface area contributed by atoms with E-state index in [9.17, 15) is 18.5 Å². The third kappa shape index (κ3) is 4.92. The van der Waals surface area contributed by atoms with Crippen LogP contribution in [-0.2, 0) is 20.4 Å². The van der Waals surface area contributed by atoms with Crippen molar-refractivity contribution >= 4 is 27.5 Å². The largest absolute Gasteiger partial charge is 0.339 e. The topological polar surface area (TPSA) is 93.5 Å². The second kappa shape index (κ2) is 9.82. The molecule has 0 radical (unpaired) electrons. The van der Waals surface area contributed by atoms with Crippen LogP contribution in [0, 0.1) is 11.3 Å². The predicted octanol–water partition coefficient (Wildman–Crippen LogP) is 3.10. The number of carbonyl (C=O) groups excluding carboxylic acids is 1. The van der Waals surface area contributed by atoms with E-state index in [2.05, 4.69) is 5.32 Å². The summed E-state index contributed by atoms with van der Waals surface area (Å²) in [5, 5.41) is 13.5. The first-order valence-corrected chi connectivity index (χ1v) is 13.0. The lowest BCUT2D eigenvalue weighted by Gasteiger charge is -2.36. The van der Waals surface area contributed by atoms with Crippen molar-refractivity contribution in [1.29, 1.82) is 5.26 Å². The maximum Gasteiger partial charge on any atom is 0.244 e. The minimum atomic E-state index is -3.78. The molecule has 1 aliphatic heterocycles. The molecule has 2 aliphatic rings. The maximum absolute atomic E-state index is 13.0. The smallest absolute Gasteiger partial charge is 0.244 e. The lowest BCUT2D eigenvalue weighted by Crippen LogP contribution is -2.53. The number of amides is 1. The molecule has 1 saturated carbocycles. The van der Waals surface area contributed by atoms with E-state index in [0.29, 0.717) is 18.1 Å². The summed E-state index contributed by atoms with van der Waals surface area (Å²) in [7, 11) is -3.78. The summed E-state index contributed by atoms with van der Waals surface area (Å²) in [6, 6.07) is 15.9. The average molecular weight is 487 g/mol. The van der Waals surface area contributed by atoms with E-state index < -0.39 is 10.0 Å². The highest BCUT2D eigenvalue weighted by Gasteiger charge is 2.37. The van der Waals surface area contributed by atoms with Crippen molar-refractivity contribution in [3.63, 3.8) is 0 Å². The molecule has 0 spiro atoms. The van der Waals surface area contributed by atoms with Gasteiger partial charge in [0.1, 0.15) is 6.07 Å². The number of halogens is 1. The van der Waals surface area contributed by atoms with E-state index >= 15 is 0 Å². The average Bonchev–Trinajstić information content (AvgIpc) is 3.33. The van der Waals surface area contributed by atoms with Gasteiger partial charge in [0.25, 0.3) is 0 Å². The van der Waals surface area contributed by atoms with Crippen LogP contribution in [0.25, 0.3) is 0 Å². The quantitative estimate of drug-likeness (QED) is 0.677. The summed E-state index contributed by atoms with van der Waals surface area (Å²) < 4.78 is 27.4. The SMILES string of the molecule is N#Cc1ccccc1S(=O)(=O)N1CCN(C(=O)CNC2(c3ccc(Cl)cc3)CCCC2)CC1. The summed E-state index contributed by atoms with van der Waals surface area (Å²) in [6.07, 6.45) is 4.13. The molecule has 2 fully saturated rings. The minimum absolute atomic E-state index is 0.0140. The van der Waals surface area contributed by atoms with Crippen molar-refractivity contribution in [2.75, 3.05) is 32.7 Å². The number of rotatable bonds is 6. The van der Waals surface area contributed by atoms with E-state index in [0.717, 1.165) is 31.2 Å². The molecule has 2 aromatic rings.